The Kier molecular flexibility index (Phi) is 7.69. The maximum atomic E-state index is 11.8. The van der Waals surface area contributed by atoms with Gasteiger partial charge in [0, 0.05) is 45.8 Å². The first-order valence-corrected chi connectivity index (χ1v) is 8.95. The van der Waals surface area contributed by atoms with Gasteiger partial charge in [-0.1, -0.05) is 30.3 Å². The van der Waals surface area contributed by atoms with Crippen LogP contribution in [0.5, 0.6) is 0 Å². The van der Waals surface area contributed by atoms with Crippen molar-refractivity contribution in [3.8, 4) is 0 Å². The van der Waals surface area contributed by atoms with Gasteiger partial charge in [-0.2, -0.15) is 0 Å². The number of esters is 1. The van der Waals surface area contributed by atoms with Crippen LogP contribution in [0.25, 0.3) is 0 Å². The molecular formula is C19H31N3O2. The van der Waals surface area contributed by atoms with Gasteiger partial charge in [-0.05, 0) is 26.5 Å². The number of carbonyl (C=O) groups is 1. The summed E-state index contributed by atoms with van der Waals surface area (Å²) in [6.07, 6.45) is 0. The number of carbonyl (C=O) groups excluding carboxylic acids is 1. The second-order valence-corrected chi connectivity index (χ2v) is 6.53. The van der Waals surface area contributed by atoms with E-state index in [1.165, 1.54) is 5.56 Å². The summed E-state index contributed by atoms with van der Waals surface area (Å²) >= 11 is 0. The zero-order valence-electron chi connectivity index (χ0n) is 15.3. The summed E-state index contributed by atoms with van der Waals surface area (Å²) in [6.45, 7) is 11.3. The quantitative estimate of drug-likeness (QED) is 0.677. The van der Waals surface area contributed by atoms with Crippen LogP contribution in [0.4, 0.5) is 0 Å². The summed E-state index contributed by atoms with van der Waals surface area (Å²) in [7, 11) is 2.17. The number of ether oxygens (including phenoxy) is 1. The Morgan fingerprint density at radius 1 is 1.21 bits per heavy atom. The van der Waals surface area contributed by atoms with E-state index in [0.29, 0.717) is 6.61 Å². The lowest BCUT2D eigenvalue weighted by Gasteiger charge is -2.37. The molecule has 0 aromatic heterocycles. The van der Waals surface area contributed by atoms with E-state index in [2.05, 4.69) is 52.1 Å². The molecule has 1 aromatic carbocycles. The third-order valence-corrected chi connectivity index (χ3v) is 4.68. The first-order chi connectivity index (χ1) is 11.6. The first-order valence-electron chi connectivity index (χ1n) is 8.95. The van der Waals surface area contributed by atoms with E-state index in [4.69, 9.17) is 4.74 Å². The third-order valence-electron chi connectivity index (χ3n) is 4.68. The first kappa shape index (κ1) is 18.9. The van der Waals surface area contributed by atoms with Crippen LogP contribution in [0.15, 0.2) is 30.3 Å². The molecule has 1 heterocycles. The van der Waals surface area contributed by atoms with E-state index >= 15 is 0 Å². The van der Waals surface area contributed by atoms with Gasteiger partial charge < -0.3 is 9.64 Å². The summed E-state index contributed by atoms with van der Waals surface area (Å²) in [6, 6.07) is 10.5. The number of piperazine rings is 1. The lowest BCUT2D eigenvalue weighted by atomic mass is 10.2. The molecule has 0 N–H and O–H groups in total. The third kappa shape index (κ3) is 5.89. The van der Waals surface area contributed by atoms with Crippen LogP contribution >= 0.6 is 0 Å². The highest BCUT2D eigenvalue weighted by atomic mass is 16.5. The van der Waals surface area contributed by atoms with Crippen molar-refractivity contribution in [3.05, 3.63) is 35.9 Å². The monoisotopic (exact) mass is 333 g/mol. The van der Waals surface area contributed by atoms with Gasteiger partial charge in [0.2, 0.25) is 0 Å². The maximum Gasteiger partial charge on any atom is 0.323 e. The Morgan fingerprint density at radius 2 is 1.88 bits per heavy atom. The van der Waals surface area contributed by atoms with Crippen molar-refractivity contribution >= 4 is 5.97 Å². The van der Waals surface area contributed by atoms with Gasteiger partial charge in [-0.25, -0.2) is 0 Å². The summed E-state index contributed by atoms with van der Waals surface area (Å²) < 4.78 is 5.12. The summed E-state index contributed by atoms with van der Waals surface area (Å²) in [4.78, 5) is 18.9. The molecule has 1 fully saturated rings. The minimum atomic E-state index is -0.132. The molecule has 0 aliphatic carbocycles. The second-order valence-electron chi connectivity index (χ2n) is 6.53. The van der Waals surface area contributed by atoms with Crippen LogP contribution in [-0.2, 0) is 16.1 Å². The average molecular weight is 333 g/mol. The van der Waals surface area contributed by atoms with E-state index in [-0.39, 0.29) is 12.0 Å². The number of likely N-dealkylation sites (N-methyl/N-ethyl adjacent to an activating group) is 1. The van der Waals surface area contributed by atoms with Crippen LogP contribution in [0.2, 0.25) is 0 Å². The number of hydrogen-bond acceptors (Lipinski definition) is 5. The minimum Gasteiger partial charge on any atom is -0.465 e. The van der Waals surface area contributed by atoms with Crippen LogP contribution in [0, 0.1) is 0 Å². The van der Waals surface area contributed by atoms with Crippen LogP contribution in [0.1, 0.15) is 19.4 Å². The molecule has 1 aromatic rings. The maximum absolute atomic E-state index is 11.8. The fourth-order valence-corrected chi connectivity index (χ4v) is 3.07. The highest BCUT2D eigenvalue weighted by molar-refractivity contribution is 5.75. The molecule has 0 spiro atoms. The molecule has 134 valence electrons. The molecule has 0 saturated carbocycles. The molecule has 1 atom stereocenters. The predicted molar refractivity (Wildman–Crippen MR) is 96.9 cm³/mol. The van der Waals surface area contributed by atoms with Gasteiger partial charge in [0.25, 0.3) is 0 Å². The Bertz CT molecular complexity index is 487. The standard InChI is InChI=1S/C19H31N3O2/c1-4-24-19(23)17(2)22-14-12-21(13-15-22)11-10-20(3)16-18-8-6-5-7-9-18/h5-9,17H,4,10-16H2,1-3H3/t17-/m1/s1. The van der Waals surface area contributed by atoms with Gasteiger partial charge in [0.1, 0.15) is 6.04 Å². The molecule has 0 unspecified atom stereocenters. The van der Waals surface area contributed by atoms with Crippen molar-refractivity contribution in [1.29, 1.82) is 0 Å². The molecule has 5 heteroatoms. The van der Waals surface area contributed by atoms with Crippen molar-refractivity contribution in [1.82, 2.24) is 14.7 Å². The molecule has 1 aliphatic rings. The van der Waals surface area contributed by atoms with Crippen molar-refractivity contribution in [3.63, 3.8) is 0 Å². The molecule has 1 saturated heterocycles. The molecule has 0 amide bonds. The highest BCUT2D eigenvalue weighted by Crippen LogP contribution is 2.08. The Hall–Kier alpha value is -1.43. The number of rotatable bonds is 8. The van der Waals surface area contributed by atoms with Crippen molar-refractivity contribution < 1.29 is 9.53 Å². The number of hydrogen-bond donors (Lipinski definition) is 0. The zero-order chi connectivity index (χ0) is 17.4. The van der Waals surface area contributed by atoms with Gasteiger partial charge in [-0.3, -0.25) is 14.6 Å². The highest BCUT2D eigenvalue weighted by Gasteiger charge is 2.26. The zero-order valence-corrected chi connectivity index (χ0v) is 15.3. The van der Waals surface area contributed by atoms with E-state index in [1.807, 2.05) is 13.8 Å². The van der Waals surface area contributed by atoms with Crippen molar-refractivity contribution in [2.75, 3.05) is 52.9 Å². The smallest absolute Gasteiger partial charge is 0.323 e. The normalized spacial score (nSPS) is 17.8. The van der Waals surface area contributed by atoms with E-state index in [0.717, 1.165) is 45.8 Å². The summed E-state index contributed by atoms with van der Waals surface area (Å²) in [5, 5.41) is 0. The largest absolute Gasteiger partial charge is 0.465 e. The number of benzene rings is 1. The SMILES string of the molecule is CCOC(=O)[C@@H](C)N1CCN(CCN(C)Cc2ccccc2)CC1. The predicted octanol–water partition coefficient (Wildman–Crippen LogP) is 1.69. The van der Waals surface area contributed by atoms with Crippen LogP contribution < -0.4 is 0 Å². The lowest BCUT2D eigenvalue weighted by molar-refractivity contribution is -0.149. The van der Waals surface area contributed by atoms with Gasteiger partial charge >= 0.3 is 5.97 Å². The molecule has 5 nitrogen and oxygen atoms in total. The van der Waals surface area contributed by atoms with Gasteiger partial charge in [0.15, 0.2) is 0 Å². The topological polar surface area (TPSA) is 36.0 Å². The fraction of sp³-hybridized carbons (Fsp3) is 0.632. The second kappa shape index (κ2) is 9.77. The van der Waals surface area contributed by atoms with E-state index in [1.54, 1.807) is 0 Å². The lowest BCUT2D eigenvalue weighted by Crippen LogP contribution is -2.52. The Balaban J connectivity index is 1.66. The molecular weight excluding hydrogens is 302 g/mol. The Morgan fingerprint density at radius 3 is 2.50 bits per heavy atom. The molecule has 24 heavy (non-hydrogen) atoms. The average Bonchev–Trinajstić information content (AvgIpc) is 2.61. The van der Waals surface area contributed by atoms with Gasteiger partial charge in [0.05, 0.1) is 6.61 Å². The van der Waals surface area contributed by atoms with Crippen molar-refractivity contribution in [2.24, 2.45) is 0 Å². The molecule has 1 aliphatic heterocycles. The molecule has 0 bridgehead atoms. The fourth-order valence-electron chi connectivity index (χ4n) is 3.07. The minimum absolute atomic E-state index is 0.103. The summed E-state index contributed by atoms with van der Waals surface area (Å²) in [5.74, 6) is -0.103. The van der Waals surface area contributed by atoms with Crippen LogP contribution in [0.3, 0.4) is 0 Å². The molecule has 0 radical (unpaired) electrons. The summed E-state index contributed by atoms with van der Waals surface area (Å²) in [5.41, 5.74) is 1.35. The van der Waals surface area contributed by atoms with Crippen LogP contribution in [-0.4, -0.2) is 79.6 Å². The van der Waals surface area contributed by atoms with Crippen molar-refractivity contribution in [2.45, 2.75) is 26.4 Å². The Labute approximate surface area is 146 Å². The van der Waals surface area contributed by atoms with E-state index in [9.17, 15) is 4.79 Å². The van der Waals surface area contributed by atoms with E-state index < -0.39 is 0 Å². The number of nitrogens with zero attached hydrogens (tertiary/aromatic N) is 3. The van der Waals surface area contributed by atoms with Gasteiger partial charge in [-0.15, -0.1) is 0 Å². The molecule has 2 rings (SSSR count).